The zero-order chi connectivity index (χ0) is 18.0. The number of nitrogens with one attached hydrogen (secondary N) is 1. The summed E-state index contributed by atoms with van der Waals surface area (Å²) < 4.78 is 0. The monoisotopic (exact) mass is 338 g/mol. The van der Waals surface area contributed by atoms with Crippen LogP contribution in [0, 0.1) is 23.7 Å². The number of aromatic amines is 1. The van der Waals surface area contributed by atoms with E-state index in [0.717, 1.165) is 24.1 Å². The van der Waals surface area contributed by atoms with Crippen molar-refractivity contribution in [3.8, 4) is 0 Å². The molecule has 2 aliphatic rings. The van der Waals surface area contributed by atoms with Gasteiger partial charge in [-0.1, -0.05) is 39.0 Å². The summed E-state index contributed by atoms with van der Waals surface area (Å²) in [6.45, 7) is 8.75. The van der Waals surface area contributed by atoms with E-state index in [9.17, 15) is 9.59 Å². The van der Waals surface area contributed by atoms with Crippen LogP contribution in [0.1, 0.15) is 44.9 Å². The van der Waals surface area contributed by atoms with Crippen LogP contribution in [-0.4, -0.2) is 28.2 Å². The third-order valence-electron chi connectivity index (χ3n) is 7.12. The minimum Gasteiger partial charge on any atom is -0.358 e. The summed E-state index contributed by atoms with van der Waals surface area (Å²) in [5, 5.41) is 1.19. The molecule has 1 aliphatic heterocycles. The van der Waals surface area contributed by atoms with Gasteiger partial charge in [0.25, 0.3) is 0 Å². The van der Waals surface area contributed by atoms with Gasteiger partial charge in [0.1, 0.15) is 0 Å². The van der Waals surface area contributed by atoms with Gasteiger partial charge in [0.2, 0.25) is 11.8 Å². The van der Waals surface area contributed by atoms with E-state index in [1.54, 1.807) is 4.90 Å². The van der Waals surface area contributed by atoms with E-state index in [-0.39, 0.29) is 23.1 Å². The Morgan fingerprint density at radius 1 is 1.20 bits per heavy atom. The highest BCUT2D eigenvalue weighted by molar-refractivity contribution is 6.03. The van der Waals surface area contributed by atoms with Crippen molar-refractivity contribution in [1.29, 1.82) is 0 Å². The van der Waals surface area contributed by atoms with Gasteiger partial charge in [0.15, 0.2) is 0 Å². The smallest absolute Gasteiger partial charge is 0.235 e. The van der Waals surface area contributed by atoms with E-state index in [4.69, 9.17) is 0 Å². The van der Waals surface area contributed by atoms with Crippen molar-refractivity contribution in [2.45, 2.75) is 47.0 Å². The maximum atomic E-state index is 13.1. The highest BCUT2D eigenvalue weighted by Crippen LogP contribution is 2.60. The van der Waals surface area contributed by atoms with E-state index in [1.165, 1.54) is 10.9 Å². The first-order valence-corrected chi connectivity index (χ1v) is 9.19. The number of hydrogen-bond donors (Lipinski definition) is 1. The van der Waals surface area contributed by atoms with Crippen LogP contribution in [0.5, 0.6) is 0 Å². The van der Waals surface area contributed by atoms with Crippen LogP contribution < -0.4 is 0 Å². The number of carbonyl (C=O) groups is 2. The first-order chi connectivity index (χ1) is 11.8. The zero-order valence-electron chi connectivity index (χ0n) is 15.5. The Balaban J connectivity index is 1.62. The Morgan fingerprint density at radius 3 is 2.68 bits per heavy atom. The lowest BCUT2D eigenvalue weighted by atomic mass is 9.62. The average molecular weight is 338 g/mol. The quantitative estimate of drug-likeness (QED) is 0.865. The highest BCUT2D eigenvalue weighted by atomic mass is 16.2. The van der Waals surface area contributed by atoms with Gasteiger partial charge >= 0.3 is 0 Å². The minimum absolute atomic E-state index is 0.0220. The molecule has 2 atom stereocenters. The van der Waals surface area contributed by atoms with E-state index in [0.29, 0.717) is 13.0 Å². The molecule has 25 heavy (non-hydrogen) atoms. The highest BCUT2D eigenvalue weighted by Gasteiger charge is 2.64. The molecule has 1 aromatic heterocycles. The van der Waals surface area contributed by atoms with E-state index in [1.807, 2.05) is 19.1 Å². The standard InChI is InChI=1S/C21H26N2O2/c1-13-14(15-7-5-6-8-17(15)22-13)10-12-23-18(24)16-9-11-21(4,19(23)25)20(16,2)3/h5-8,16,22H,9-12H2,1-4H3. The van der Waals surface area contributed by atoms with Crippen molar-refractivity contribution >= 4 is 22.7 Å². The third-order valence-corrected chi connectivity index (χ3v) is 7.12. The van der Waals surface area contributed by atoms with E-state index in [2.05, 4.69) is 37.9 Å². The molecule has 1 aliphatic carbocycles. The molecule has 4 heteroatoms. The molecular formula is C21H26N2O2. The van der Waals surface area contributed by atoms with Crippen LogP contribution in [0.2, 0.25) is 0 Å². The van der Waals surface area contributed by atoms with Gasteiger partial charge in [-0.3, -0.25) is 14.5 Å². The number of para-hydroxylation sites is 1. The molecule has 132 valence electrons. The Labute approximate surface area is 148 Å². The number of H-pyrrole nitrogens is 1. The number of aryl methyl sites for hydroxylation is 1. The number of amides is 2. The summed E-state index contributed by atoms with van der Waals surface area (Å²) in [6, 6.07) is 8.20. The zero-order valence-corrected chi connectivity index (χ0v) is 15.5. The van der Waals surface area contributed by atoms with Gasteiger partial charge in [0.05, 0.1) is 5.41 Å². The minimum atomic E-state index is -0.416. The summed E-state index contributed by atoms with van der Waals surface area (Å²) in [7, 11) is 0. The third kappa shape index (κ3) is 2.06. The second-order valence-electron chi connectivity index (χ2n) is 8.46. The molecule has 1 N–H and O–H groups in total. The molecule has 2 aromatic rings. The normalized spacial score (nSPS) is 28.2. The molecule has 4 rings (SSSR count). The largest absolute Gasteiger partial charge is 0.358 e. The number of likely N-dealkylation sites (tertiary alicyclic amines) is 1. The summed E-state index contributed by atoms with van der Waals surface area (Å²) >= 11 is 0. The Morgan fingerprint density at radius 2 is 1.92 bits per heavy atom. The first-order valence-electron chi connectivity index (χ1n) is 9.19. The van der Waals surface area contributed by atoms with Crippen molar-refractivity contribution in [1.82, 2.24) is 9.88 Å². The Kier molecular flexibility index (Phi) is 3.40. The first kappa shape index (κ1) is 16.4. The molecule has 2 heterocycles. The maximum absolute atomic E-state index is 13.1. The van der Waals surface area contributed by atoms with Gasteiger partial charge < -0.3 is 4.98 Å². The molecule has 0 radical (unpaired) electrons. The lowest BCUT2D eigenvalue weighted by Gasteiger charge is -2.47. The lowest BCUT2D eigenvalue weighted by Crippen LogP contribution is -2.59. The molecule has 2 fully saturated rings. The number of aromatic nitrogens is 1. The number of benzene rings is 1. The van der Waals surface area contributed by atoms with Crippen LogP contribution in [-0.2, 0) is 16.0 Å². The maximum Gasteiger partial charge on any atom is 0.235 e. The molecule has 1 aromatic carbocycles. The Bertz CT molecular complexity index is 879. The van der Waals surface area contributed by atoms with Crippen molar-refractivity contribution < 1.29 is 9.59 Å². The number of carbonyl (C=O) groups excluding carboxylic acids is 2. The summed E-state index contributed by atoms with van der Waals surface area (Å²) in [5.41, 5.74) is 2.78. The van der Waals surface area contributed by atoms with Crippen LogP contribution >= 0.6 is 0 Å². The van der Waals surface area contributed by atoms with E-state index < -0.39 is 5.41 Å². The summed E-state index contributed by atoms with van der Waals surface area (Å²) in [5.74, 6) is 0.0236. The summed E-state index contributed by atoms with van der Waals surface area (Å²) in [6.07, 6.45) is 2.35. The number of rotatable bonds is 3. The number of imide groups is 1. The van der Waals surface area contributed by atoms with Crippen molar-refractivity contribution in [3.63, 3.8) is 0 Å². The molecule has 2 amide bonds. The fraction of sp³-hybridized carbons (Fsp3) is 0.524. The summed E-state index contributed by atoms with van der Waals surface area (Å²) in [4.78, 5) is 31.0. The molecule has 1 saturated heterocycles. The lowest BCUT2D eigenvalue weighted by molar-refractivity contribution is -0.167. The van der Waals surface area contributed by atoms with E-state index >= 15 is 0 Å². The predicted octanol–water partition coefficient (Wildman–Crippen LogP) is 3.83. The topological polar surface area (TPSA) is 53.2 Å². The average Bonchev–Trinajstić information content (AvgIpc) is 2.97. The second-order valence-corrected chi connectivity index (χ2v) is 8.46. The number of piperidine rings is 1. The fourth-order valence-electron chi connectivity index (χ4n) is 4.99. The molecule has 2 bridgehead atoms. The van der Waals surface area contributed by atoms with Gasteiger partial charge in [0, 0.05) is 29.1 Å². The molecule has 1 saturated carbocycles. The van der Waals surface area contributed by atoms with Gasteiger partial charge in [-0.25, -0.2) is 0 Å². The molecule has 4 nitrogen and oxygen atoms in total. The molecular weight excluding hydrogens is 312 g/mol. The van der Waals surface area contributed by atoms with Gasteiger partial charge in [-0.05, 0) is 43.2 Å². The molecule has 0 spiro atoms. The second kappa shape index (κ2) is 5.20. The van der Waals surface area contributed by atoms with Crippen molar-refractivity contribution in [2.75, 3.05) is 6.54 Å². The van der Waals surface area contributed by atoms with Gasteiger partial charge in [-0.2, -0.15) is 0 Å². The van der Waals surface area contributed by atoms with Crippen molar-refractivity contribution in [2.24, 2.45) is 16.7 Å². The number of nitrogens with zero attached hydrogens (tertiary/aromatic N) is 1. The SMILES string of the molecule is Cc1[nH]c2ccccc2c1CCN1C(=O)C2CCC(C)(C1=O)C2(C)C. The number of hydrogen-bond acceptors (Lipinski definition) is 2. The van der Waals surface area contributed by atoms with Crippen LogP contribution in [0.3, 0.4) is 0 Å². The fourth-order valence-corrected chi connectivity index (χ4v) is 4.99. The van der Waals surface area contributed by atoms with Crippen LogP contribution in [0.25, 0.3) is 10.9 Å². The van der Waals surface area contributed by atoms with Crippen LogP contribution in [0.15, 0.2) is 24.3 Å². The van der Waals surface area contributed by atoms with Gasteiger partial charge in [-0.15, -0.1) is 0 Å². The Hall–Kier alpha value is -2.10. The van der Waals surface area contributed by atoms with Crippen LogP contribution in [0.4, 0.5) is 0 Å². The van der Waals surface area contributed by atoms with Crippen molar-refractivity contribution in [3.05, 3.63) is 35.5 Å². The number of fused-ring (bicyclic) bond motifs is 3. The molecule has 2 unspecified atom stereocenters. The predicted molar refractivity (Wildman–Crippen MR) is 98.1 cm³/mol.